The number of rotatable bonds is 9. The van der Waals surface area contributed by atoms with E-state index in [1.807, 2.05) is 72.8 Å². The van der Waals surface area contributed by atoms with Gasteiger partial charge in [-0.3, -0.25) is 4.79 Å². The van der Waals surface area contributed by atoms with Gasteiger partial charge in [0.2, 0.25) is 5.91 Å². The maximum Gasteiger partial charge on any atom is 0.234 e. The number of hydrogen-bond donors (Lipinski definition) is 1. The van der Waals surface area contributed by atoms with Crippen LogP contribution in [-0.4, -0.2) is 25.9 Å². The molecule has 29 heavy (non-hydrogen) atoms. The van der Waals surface area contributed by atoms with Crippen LogP contribution in [-0.2, 0) is 11.4 Å². The highest BCUT2D eigenvalue weighted by molar-refractivity contribution is 8.00. The summed E-state index contributed by atoms with van der Waals surface area (Å²) in [5, 5.41) is 2.89. The fraction of sp³-hybridized carbons (Fsp3) is 0.174. The standard InChI is InChI=1S/C23H23NO4S/c1-26-21-13-12-20(14-22(21)27-2)29-16-23(25)24-18-8-10-19(11-9-18)28-15-17-6-4-3-5-7-17/h3-14H,15-16H2,1-2H3,(H,24,25). The molecule has 0 aromatic heterocycles. The fourth-order valence-corrected chi connectivity index (χ4v) is 3.35. The van der Waals surface area contributed by atoms with E-state index in [9.17, 15) is 4.79 Å². The topological polar surface area (TPSA) is 56.8 Å². The predicted octanol–water partition coefficient (Wildman–Crippen LogP) is 5.01. The third kappa shape index (κ3) is 6.19. The quantitative estimate of drug-likeness (QED) is 0.503. The van der Waals surface area contributed by atoms with E-state index in [0.29, 0.717) is 23.9 Å². The average molecular weight is 410 g/mol. The first-order chi connectivity index (χ1) is 14.2. The smallest absolute Gasteiger partial charge is 0.234 e. The number of nitrogens with one attached hydrogen (secondary N) is 1. The first kappa shape index (κ1) is 20.6. The fourth-order valence-electron chi connectivity index (χ4n) is 2.63. The van der Waals surface area contributed by atoms with Crippen LogP contribution in [0.3, 0.4) is 0 Å². The minimum atomic E-state index is -0.0808. The molecule has 3 aromatic carbocycles. The molecular formula is C23H23NO4S. The molecular weight excluding hydrogens is 386 g/mol. The molecule has 3 aromatic rings. The third-order valence-electron chi connectivity index (χ3n) is 4.11. The highest BCUT2D eigenvalue weighted by Gasteiger charge is 2.08. The zero-order valence-electron chi connectivity index (χ0n) is 16.4. The molecule has 150 valence electrons. The van der Waals surface area contributed by atoms with Gasteiger partial charge in [-0.1, -0.05) is 30.3 Å². The Morgan fingerprint density at radius 2 is 1.62 bits per heavy atom. The van der Waals surface area contributed by atoms with Crippen LogP contribution < -0.4 is 19.5 Å². The van der Waals surface area contributed by atoms with Crippen LogP contribution in [0.25, 0.3) is 0 Å². The number of amides is 1. The second-order valence-corrected chi connectivity index (χ2v) is 7.20. The number of carbonyl (C=O) groups is 1. The van der Waals surface area contributed by atoms with Crippen LogP contribution in [0.5, 0.6) is 17.2 Å². The lowest BCUT2D eigenvalue weighted by atomic mass is 10.2. The number of methoxy groups -OCH3 is 2. The minimum absolute atomic E-state index is 0.0808. The van der Waals surface area contributed by atoms with E-state index >= 15 is 0 Å². The first-order valence-corrected chi connectivity index (χ1v) is 10.1. The molecule has 1 amide bonds. The molecule has 0 saturated heterocycles. The molecule has 1 N–H and O–H groups in total. The molecule has 0 saturated carbocycles. The molecule has 0 aliphatic rings. The largest absolute Gasteiger partial charge is 0.493 e. The van der Waals surface area contributed by atoms with Crippen LogP contribution in [0.4, 0.5) is 5.69 Å². The number of carbonyl (C=O) groups excluding carboxylic acids is 1. The molecule has 3 rings (SSSR count). The maximum absolute atomic E-state index is 12.2. The Morgan fingerprint density at radius 1 is 0.897 bits per heavy atom. The Balaban J connectivity index is 1.48. The van der Waals surface area contributed by atoms with E-state index in [1.54, 1.807) is 14.2 Å². The van der Waals surface area contributed by atoms with E-state index in [4.69, 9.17) is 14.2 Å². The molecule has 6 heteroatoms. The highest BCUT2D eigenvalue weighted by Crippen LogP contribution is 2.31. The number of ether oxygens (including phenoxy) is 3. The monoisotopic (exact) mass is 409 g/mol. The van der Waals surface area contributed by atoms with Crippen molar-refractivity contribution in [2.45, 2.75) is 11.5 Å². The van der Waals surface area contributed by atoms with E-state index in [-0.39, 0.29) is 5.91 Å². The van der Waals surface area contributed by atoms with Gasteiger partial charge in [-0.2, -0.15) is 0 Å². The molecule has 0 fully saturated rings. The third-order valence-corrected chi connectivity index (χ3v) is 5.11. The van der Waals surface area contributed by atoms with Crippen LogP contribution in [0.2, 0.25) is 0 Å². The number of anilines is 1. The number of benzene rings is 3. The minimum Gasteiger partial charge on any atom is -0.493 e. The first-order valence-electron chi connectivity index (χ1n) is 9.09. The lowest BCUT2D eigenvalue weighted by Crippen LogP contribution is -2.13. The normalized spacial score (nSPS) is 10.3. The van der Waals surface area contributed by atoms with Gasteiger partial charge in [0.1, 0.15) is 12.4 Å². The van der Waals surface area contributed by atoms with Gasteiger partial charge >= 0.3 is 0 Å². The van der Waals surface area contributed by atoms with Crippen molar-refractivity contribution in [1.29, 1.82) is 0 Å². The number of hydrogen-bond acceptors (Lipinski definition) is 5. The lowest BCUT2D eigenvalue weighted by molar-refractivity contribution is -0.113. The van der Waals surface area contributed by atoms with E-state index < -0.39 is 0 Å². The summed E-state index contributed by atoms with van der Waals surface area (Å²) >= 11 is 1.43. The molecule has 0 unspecified atom stereocenters. The van der Waals surface area contributed by atoms with Crippen molar-refractivity contribution in [2.24, 2.45) is 0 Å². The summed E-state index contributed by atoms with van der Waals surface area (Å²) < 4.78 is 16.3. The maximum atomic E-state index is 12.2. The van der Waals surface area contributed by atoms with Crippen molar-refractivity contribution in [2.75, 3.05) is 25.3 Å². The second kappa shape index (κ2) is 10.4. The Kier molecular flexibility index (Phi) is 7.41. The lowest BCUT2D eigenvalue weighted by Gasteiger charge is -2.10. The van der Waals surface area contributed by atoms with E-state index in [0.717, 1.165) is 21.9 Å². The van der Waals surface area contributed by atoms with E-state index in [1.165, 1.54) is 11.8 Å². The van der Waals surface area contributed by atoms with Gasteiger partial charge in [0.05, 0.1) is 20.0 Å². The predicted molar refractivity (Wildman–Crippen MR) is 116 cm³/mol. The van der Waals surface area contributed by atoms with Gasteiger partial charge in [-0.05, 0) is 48.0 Å². The summed E-state index contributed by atoms with van der Waals surface area (Å²) in [5.74, 6) is 2.27. The molecule has 0 heterocycles. The van der Waals surface area contributed by atoms with Gasteiger partial charge in [0.25, 0.3) is 0 Å². The van der Waals surface area contributed by atoms with Crippen molar-refractivity contribution >= 4 is 23.4 Å². The molecule has 0 aliphatic heterocycles. The van der Waals surface area contributed by atoms with Gasteiger partial charge in [-0.15, -0.1) is 11.8 Å². The SMILES string of the molecule is COc1ccc(SCC(=O)Nc2ccc(OCc3ccccc3)cc2)cc1OC. The van der Waals surface area contributed by atoms with Crippen LogP contribution in [0.1, 0.15) is 5.56 Å². The van der Waals surface area contributed by atoms with Gasteiger partial charge in [-0.25, -0.2) is 0 Å². The summed E-state index contributed by atoms with van der Waals surface area (Å²) in [6.45, 7) is 0.508. The van der Waals surface area contributed by atoms with Crippen molar-refractivity contribution < 1.29 is 19.0 Å². The Hall–Kier alpha value is -3.12. The molecule has 0 radical (unpaired) electrons. The second-order valence-electron chi connectivity index (χ2n) is 6.15. The van der Waals surface area contributed by atoms with Crippen LogP contribution in [0, 0.1) is 0 Å². The van der Waals surface area contributed by atoms with Crippen LogP contribution >= 0.6 is 11.8 Å². The Bertz CT molecular complexity index is 929. The van der Waals surface area contributed by atoms with Crippen molar-refractivity contribution in [3.63, 3.8) is 0 Å². The molecule has 0 spiro atoms. The Morgan fingerprint density at radius 3 is 2.31 bits per heavy atom. The summed E-state index contributed by atoms with van der Waals surface area (Å²) in [7, 11) is 3.18. The summed E-state index contributed by atoms with van der Waals surface area (Å²) in [5.41, 5.74) is 1.84. The summed E-state index contributed by atoms with van der Waals surface area (Å²) in [4.78, 5) is 13.2. The van der Waals surface area contributed by atoms with Gasteiger partial charge in [0.15, 0.2) is 11.5 Å². The molecule has 5 nitrogen and oxygen atoms in total. The average Bonchev–Trinajstić information content (AvgIpc) is 2.77. The zero-order valence-corrected chi connectivity index (χ0v) is 17.2. The van der Waals surface area contributed by atoms with Gasteiger partial charge in [0, 0.05) is 10.6 Å². The van der Waals surface area contributed by atoms with E-state index in [2.05, 4.69) is 5.32 Å². The summed E-state index contributed by atoms with van der Waals surface area (Å²) in [6, 6.07) is 22.9. The Labute approximate surface area is 175 Å². The highest BCUT2D eigenvalue weighted by atomic mass is 32.2. The summed E-state index contributed by atoms with van der Waals surface area (Å²) in [6.07, 6.45) is 0. The molecule has 0 aliphatic carbocycles. The zero-order chi connectivity index (χ0) is 20.5. The molecule has 0 bridgehead atoms. The van der Waals surface area contributed by atoms with Gasteiger partial charge < -0.3 is 19.5 Å². The van der Waals surface area contributed by atoms with Crippen molar-refractivity contribution in [3.05, 3.63) is 78.4 Å². The molecule has 0 atom stereocenters. The van der Waals surface area contributed by atoms with Crippen molar-refractivity contribution in [3.8, 4) is 17.2 Å². The number of thioether (sulfide) groups is 1. The van der Waals surface area contributed by atoms with Crippen LogP contribution in [0.15, 0.2) is 77.7 Å². The van der Waals surface area contributed by atoms with Crippen molar-refractivity contribution in [1.82, 2.24) is 0 Å².